The van der Waals surface area contributed by atoms with E-state index >= 15 is 0 Å². The predicted molar refractivity (Wildman–Crippen MR) is 18.3 cm³/mol. The molecule has 0 heterocycles. The molecule has 2 radical (unpaired) electrons. The molecule has 0 spiro atoms. The standard InChI is InChI=1S/BH4P.Co.Re/c1-2;;/h1-2H2;;. The molecule has 1 atom stereocenters. The molecule has 4 heteroatoms. The molecule has 0 rings (SSSR count). The molecular formula is H4BCoPRe. The summed E-state index contributed by atoms with van der Waals surface area (Å²) in [5.74, 6) is 0. The molecule has 28 valence electrons. The van der Waals surface area contributed by atoms with Crippen molar-refractivity contribution in [3.05, 3.63) is 0 Å². The molecule has 0 aliphatic heterocycles. The summed E-state index contributed by atoms with van der Waals surface area (Å²) in [6, 6.07) is 0. The van der Waals surface area contributed by atoms with Crippen molar-refractivity contribution in [3.8, 4) is 0 Å². The minimum atomic E-state index is 0. The number of hydrogen-bond donors (Lipinski definition) is 0. The van der Waals surface area contributed by atoms with Crippen LogP contribution >= 0.6 is 9.12 Å². The average Bonchev–Trinajstić information content (AvgIpc) is 1.00. The fraction of sp³-hybridized carbons (Fsp3) is 0. The fourth-order valence-electron chi connectivity index (χ4n) is 0. The molecule has 0 aromatic heterocycles. The Balaban J connectivity index is -0.00000000500. The number of hydrogen-bond acceptors (Lipinski definition) is 0. The van der Waals surface area contributed by atoms with Crippen molar-refractivity contribution in [2.45, 2.75) is 0 Å². The second kappa shape index (κ2) is 22.6. The zero-order chi connectivity index (χ0) is 2.00. The monoisotopic (exact) mass is 292 g/mol. The van der Waals surface area contributed by atoms with Gasteiger partial charge in [0.15, 0.2) is 0 Å². The van der Waals surface area contributed by atoms with E-state index in [1.807, 2.05) is 7.57 Å². The molecule has 0 saturated heterocycles. The van der Waals surface area contributed by atoms with E-state index in [1.165, 1.54) is 0 Å². The van der Waals surface area contributed by atoms with Gasteiger partial charge in [0.05, 0.1) is 0 Å². The van der Waals surface area contributed by atoms with Crippen LogP contribution in [0.3, 0.4) is 0 Å². The van der Waals surface area contributed by atoms with E-state index in [-0.39, 0.29) is 37.2 Å². The third-order valence-corrected chi connectivity index (χ3v) is 0. The van der Waals surface area contributed by atoms with Crippen molar-refractivity contribution in [1.29, 1.82) is 0 Å². The van der Waals surface area contributed by atoms with E-state index in [1.54, 1.807) is 0 Å². The first-order valence-electron chi connectivity index (χ1n) is 0.577. The van der Waals surface area contributed by atoms with Crippen molar-refractivity contribution < 1.29 is 37.2 Å². The molecule has 4 heavy (non-hydrogen) atoms. The van der Waals surface area contributed by atoms with Crippen LogP contribution in [0.1, 0.15) is 0 Å². The minimum Gasteiger partial charge on any atom is -0.179 e. The van der Waals surface area contributed by atoms with Crippen LogP contribution < -0.4 is 0 Å². The molecular weight excluding hydrogens is 287 g/mol. The van der Waals surface area contributed by atoms with Gasteiger partial charge in [-0.05, 0) is 0 Å². The van der Waals surface area contributed by atoms with Crippen LogP contribution in [-0.2, 0) is 37.2 Å². The van der Waals surface area contributed by atoms with Crippen LogP contribution in [0.15, 0.2) is 0 Å². The Morgan fingerprint density at radius 3 is 1.25 bits per heavy atom. The summed E-state index contributed by atoms with van der Waals surface area (Å²) in [7, 11) is 4.33. The third kappa shape index (κ3) is 9.39. The Bertz CT molecular complexity index is 8.00. The summed E-state index contributed by atoms with van der Waals surface area (Å²) in [5.41, 5.74) is 0. The van der Waals surface area contributed by atoms with E-state index in [0.717, 1.165) is 0 Å². The van der Waals surface area contributed by atoms with E-state index in [4.69, 9.17) is 0 Å². The van der Waals surface area contributed by atoms with Gasteiger partial charge in [-0.3, -0.25) is 0 Å². The molecule has 0 amide bonds. The summed E-state index contributed by atoms with van der Waals surface area (Å²) in [6.07, 6.45) is 0. The van der Waals surface area contributed by atoms with E-state index in [0.29, 0.717) is 0 Å². The minimum absolute atomic E-state index is 0. The van der Waals surface area contributed by atoms with Crippen molar-refractivity contribution in [2.75, 3.05) is 0 Å². The van der Waals surface area contributed by atoms with Crippen LogP contribution in [0.5, 0.6) is 0 Å². The second-order valence-electron chi connectivity index (χ2n) is 0. The summed E-state index contributed by atoms with van der Waals surface area (Å²) in [4.78, 5) is 0. The van der Waals surface area contributed by atoms with Gasteiger partial charge in [0, 0.05) is 37.2 Å². The van der Waals surface area contributed by atoms with Crippen LogP contribution in [0.25, 0.3) is 0 Å². The first-order chi connectivity index (χ1) is 1.00. The third-order valence-electron chi connectivity index (χ3n) is 0. The maximum atomic E-state index is 2.42. The topological polar surface area (TPSA) is 0 Å². The van der Waals surface area contributed by atoms with Gasteiger partial charge >= 0.3 is 0 Å². The maximum Gasteiger partial charge on any atom is 0.126 e. The molecule has 0 aliphatic carbocycles. The van der Waals surface area contributed by atoms with Gasteiger partial charge in [-0.25, -0.2) is 0 Å². The molecule has 0 aromatic carbocycles. The first-order valence-corrected chi connectivity index (χ1v) is 1.73. The van der Waals surface area contributed by atoms with E-state index in [2.05, 4.69) is 9.12 Å². The average molecular weight is 291 g/mol. The molecule has 0 bridgehead atoms. The van der Waals surface area contributed by atoms with Crippen molar-refractivity contribution in [1.82, 2.24) is 0 Å². The molecule has 0 saturated carbocycles. The van der Waals surface area contributed by atoms with Crippen molar-refractivity contribution in [3.63, 3.8) is 0 Å². The molecule has 0 fully saturated rings. The summed E-state index contributed by atoms with van der Waals surface area (Å²) < 4.78 is 0. The van der Waals surface area contributed by atoms with Gasteiger partial charge in [0.2, 0.25) is 0 Å². The fourth-order valence-corrected chi connectivity index (χ4v) is 0. The smallest absolute Gasteiger partial charge is 0.126 e. The maximum absolute atomic E-state index is 2.42. The first kappa shape index (κ1) is 17.4. The summed E-state index contributed by atoms with van der Waals surface area (Å²) >= 11 is 0. The Labute approximate surface area is 53.9 Å². The quantitative estimate of drug-likeness (QED) is 0.413. The van der Waals surface area contributed by atoms with Gasteiger partial charge in [0.1, 0.15) is 7.57 Å². The SMILES string of the molecule is BP.[Co].[Re]. The molecule has 0 aromatic rings. The van der Waals surface area contributed by atoms with Gasteiger partial charge in [-0.15, -0.1) is 0 Å². The Morgan fingerprint density at radius 1 is 1.25 bits per heavy atom. The summed E-state index contributed by atoms with van der Waals surface area (Å²) in [5, 5.41) is 0. The normalized spacial score (nSPS) is 1.25. The Kier molecular flexibility index (Phi) is 98.2. The predicted octanol–water partition coefficient (Wildman–Crippen LogP) is -0.595. The Hall–Kier alpha value is 1.66. The number of rotatable bonds is 0. The second-order valence-corrected chi connectivity index (χ2v) is 0. The zero-order valence-corrected chi connectivity index (χ0v) is 7.20. The Morgan fingerprint density at radius 2 is 1.25 bits per heavy atom. The van der Waals surface area contributed by atoms with Gasteiger partial charge in [-0.1, -0.05) is 0 Å². The summed E-state index contributed by atoms with van der Waals surface area (Å²) in [6.45, 7) is 0. The van der Waals surface area contributed by atoms with Crippen LogP contribution in [-0.4, -0.2) is 7.57 Å². The van der Waals surface area contributed by atoms with Crippen LogP contribution in [0.2, 0.25) is 0 Å². The largest absolute Gasteiger partial charge is 0.179 e. The van der Waals surface area contributed by atoms with Gasteiger partial charge in [0.25, 0.3) is 0 Å². The van der Waals surface area contributed by atoms with Gasteiger partial charge < -0.3 is 0 Å². The van der Waals surface area contributed by atoms with Crippen LogP contribution in [0, 0.1) is 0 Å². The molecule has 0 N–H and O–H groups in total. The molecule has 1 unspecified atom stereocenters. The van der Waals surface area contributed by atoms with Gasteiger partial charge in [-0.2, -0.15) is 9.12 Å². The molecule has 0 aliphatic rings. The van der Waals surface area contributed by atoms with E-state index < -0.39 is 0 Å². The zero-order valence-electron chi connectivity index (χ0n) is 2.29. The van der Waals surface area contributed by atoms with E-state index in [9.17, 15) is 0 Å². The van der Waals surface area contributed by atoms with Crippen LogP contribution in [0.4, 0.5) is 0 Å². The molecule has 0 nitrogen and oxygen atoms in total. The van der Waals surface area contributed by atoms with Crippen molar-refractivity contribution >= 4 is 16.7 Å². The van der Waals surface area contributed by atoms with Crippen molar-refractivity contribution in [2.24, 2.45) is 0 Å².